The molecule has 0 bridgehead atoms. The first-order valence-electron chi connectivity index (χ1n) is 21.6. The molecule has 4 rings (SSSR count). The molecule has 0 radical (unpaired) electrons. The van der Waals surface area contributed by atoms with Gasteiger partial charge in [0.15, 0.2) is 18.7 Å². The van der Waals surface area contributed by atoms with E-state index < -0.39 is 96.0 Å². The maximum Gasteiger partial charge on any atom is 0.311 e. The normalized spacial score (nSPS) is 44.3. The predicted octanol–water partition coefficient (Wildman–Crippen LogP) is 3.86. The number of nitriles is 1. The van der Waals surface area contributed by atoms with Gasteiger partial charge in [-0.25, -0.2) is 0 Å². The highest BCUT2D eigenvalue weighted by atomic mass is 16.7. The molecule has 0 aromatic heterocycles. The summed E-state index contributed by atoms with van der Waals surface area (Å²) in [4.78, 5) is 18.4. The molecular weight excluding hydrogens is 775 g/mol. The third kappa shape index (κ3) is 11.4. The standard InChI is InChI=1S/C45H75N3O12/c1-15-34-45(10,53)38(49)29(6)48(13)24-25(2)21-43(8,52)40(27(4)36(28(5)41(51)58-34)59-35-22-44(9,54-14)39(50)30(7)56-35)60-42-37(33(47(11)12)20-26(3)55-42)57-32-18-16-31(23-46)17-19-32/h16-19,25-30,33-40,42,49-50,52-53H,15,20-22,24H2,1-14H3/t25-,26-,27+,28-,29-,30+,33+,34-,35+,36+,37-,38-,39+,40-,42+,43-,44-,45-/m1/s1. The first-order valence-corrected chi connectivity index (χ1v) is 21.6. The van der Waals surface area contributed by atoms with Gasteiger partial charge in [0.05, 0.1) is 59.2 Å². The Bertz CT molecular complexity index is 1570. The van der Waals surface area contributed by atoms with E-state index in [9.17, 15) is 30.5 Å². The molecule has 3 aliphatic rings. The van der Waals surface area contributed by atoms with Crippen molar-refractivity contribution in [3.63, 3.8) is 0 Å². The summed E-state index contributed by atoms with van der Waals surface area (Å²) in [5.74, 6) is -2.14. The van der Waals surface area contributed by atoms with Crippen LogP contribution in [0.15, 0.2) is 24.3 Å². The summed E-state index contributed by atoms with van der Waals surface area (Å²) in [6.07, 6.45) is -7.89. The lowest BCUT2D eigenvalue weighted by Crippen LogP contribution is -2.61. The summed E-state index contributed by atoms with van der Waals surface area (Å²) < 4.78 is 45.3. The van der Waals surface area contributed by atoms with Crippen molar-refractivity contribution in [2.75, 3.05) is 34.8 Å². The van der Waals surface area contributed by atoms with Crippen LogP contribution in [0.25, 0.3) is 0 Å². The fraction of sp³-hybridized carbons (Fsp3) is 0.822. The number of hydrogen-bond donors (Lipinski definition) is 4. The SMILES string of the molecule is CC[C@H]1OC(=O)[C@H](C)[C@@H](O[C@H]2C[C@@](C)(OC)[C@@H](O)[C@H](C)O2)[C@H](C)[C@@H](O[C@@H]2O[C@H](C)C[C@H](N(C)C)[C@H]2Oc2ccc(C#N)cc2)[C@](C)(O)C[C@@H](C)CN(C)[C@H](C)[C@@H](O)[C@]1(C)O. The van der Waals surface area contributed by atoms with E-state index in [4.69, 9.17) is 33.2 Å². The first-order chi connectivity index (χ1) is 27.9. The molecule has 342 valence electrons. The third-order valence-corrected chi connectivity index (χ3v) is 13.4. The highest BCUT2D eigenvalue weighted by Gasteiger charge is 2.53. The number of methoxy groups -OCH3 is 1. The van der Waals surface area contributed by atoms with Crippen molar-refractivity contribution in [1.82, 2.24) is 9.80 Å². The maximum atomic E-state index is 14.4. The summed E-state index contributed by atoms with van der Waals surface area (Å²) >= 11 is 0. The monoisotopic (exact) mass is 850 g/mol. The zero-order valence-electron chi connectivity index (χ0n) is 38.4. The Morgan fingerprint density at radius 1 is 0.950 bits per heavy atom. The van der Waals surface area contributed by atoms with E-state index in [2.05, 4.69) is 11.0 Å². The highest BCUT2D eigenvalue weighted by Crippen LogP contribution is 2.40. The first kappa shape index (κ1) is 50.2. The van der Waals surface area contributed by atoms with Crippen molar-refractivity contribution in [3.8, 4) is 11.8 Å². The van der Waals surface area contributed by atoms with Gasteiger partial charge in [0.25, 0.3) is 0 Å². The lowest BCUT2D eigenvalue weighted by Gasteiger charge is -2.49. The Morgan fingerprint density at radius 3 is 2.15 bits per heavy atom. The quantitative estimate of drug-likeness (QED) is 0.262. The Labute approximate surface area is 358 Å². The lowest BCUT2D eigenvalue weighted by molar-refractivity contribution is -0.316. The molecule has 3 saturated heterocycles. The van der Waals surface area contributed by atoms with Crippen LogP contribution in [0.3, 0.4) is 0 Å². The predicted molar refractivity (Wildman–Crippen MR) is 224 cm³/mol. The highest BCUT2D eigenvalue weighted by molar-refractivity contribution is 5.73. The topological polar surface area (TPSA) is 193 Å². The zero-order chi connectivity index (χ0) is 45.1. The van der Waals surface area contributed by atoms with Gasteiger partial charge in [-0.1, -0.05) is 20.8 Å². The van der Waals surface area contributed by atoms with Crippen molar-refractivity contribution in [1.29, 1.82) is 5.26 Å². The molecular formula is C45H75N3O12. The summed E-state index contributed by atoms with van der Waals surface area (Å²) in [5, 5.41) is 56.8. The fourth-order valence-electron chi connectivity index (χ4n) is 9.61. The van der Waals surface area contributed by atoms with E-state index in [0.717, 1.165) is 0 Å². The van der Waals surface area contributed by atoms with Crippen LogP contribution in [-0.2, 0) is 33.2 Å². The minimum absolute atomic E-state index is 0.121. The molecule has 0 spiro atoms. The molecule has 15 nitrogen and oxygen atoms in total. The van der Waals surface area contributed by atoms with Crippen LogP contribution in [0.4, 0.5) is 0 Å². The second kappa shape index (κ2) is 20.4. The minimum Gasteiger partial charge on any atom is -0.483 e. The third-order valence-electron chi connectivity index (χ3n) is 13.4. The van der Waals surface area contributed by atoms with Crippen molar-refractivity contribution in [2.45, 2.75) is 185 Å². The Kier molecular flexibility index (Phi) is 17.0. The average molecular weight is 850 g/mol. The van der Waals surface area contributed by atoms with Crippen LogP contribution in [0.1, 0.15) is 100 Å². The fourth-order valence-corrected chi connectivity index (χ4v) is 9.61. The second-order valence-corrected chi connectivity index (χ2v) is 18.9. The number of carbonyl (C=O) groups excluding carboxylic acids is 1. The number of likely N-dealkylation sites (N-methyl/N-ethyl adjacent to an activating group) is 2. The largest absolute Gasteiger partial charge is 0.483 e. The number of aliphatic hydroxyl groups is 4. The number of cyclic esters (lactones) is 1. The van der Waals surface area contributed by atoms with Gasteiger partial charge in [-0.15, -0.1) is 0 Å². The van der Waals surface area contributed by atoms with Gasteiger partial charge >= 0.3 is 5.97 Å². The summed E-state index contributed by atoms with van der Waals surface area (Å²) in [6, 6.07) is 8.22. The molecule has 3 fully saturated rings. The molecule has 3 aliphatic heterocycles. The minimum atomic E-state index is -1.82. The molecule has 1 aromatic rings. The van der Waals surface area contributed by atoms with E-state index in [0.29, 0.717) is 24.3 Å². The van der Waals surface area contributed by atoms with Crippen LogP contribution >= 0.6 is 0 Å². The van der Waals surface area contributed by atoms with E-state index in [1.54, 1.807) is 58.9 Å². The maximum absolute atomic E-state index is 14.4. The van der Waals surface area contributed by atoms with Crippen LogP contribution in [0.2, 0.25) is 0 Å². The average Bonchev–Trinajstić information content (AvgIpc) is 3.18. The molecule has 3 heterocycles. The lowest BCUT2D eigenvalue weighted by atomic mass is 9.77. The van der Waals surface area contributed by atoms with Crippen LogP contribution in [-0.4, -0.2) is 161 Å². The Hall–Kier alpha value is -2.46. The summed E-state index contributed by atoms with van der Waals surface area (Å²) in [6.45, 7) is 18.2. The van der Waals surface area contributed by atoms with Gasteiger partial charge in [-0.2, -0.15) is 5.26 Å². The number of benzene rings is 1. The molecule has 0 unspecified atom stereocenters. The van der Waals surface area contributed by atoms with E-state index >= 15 is 0 Å². The van der Waals surface area contributed by atoms with E-state index in [1.165, 1.54) is 14.0 Å². The summed E-state index contributed by atoms with van der Waals surface area (Å²) in [5.41, 5.74) is -3.96. The number of hydrogen-bond acceptors (Lipinski definition) is 15. The second-order valence-electron chi connectivity index (χ2n) is 18.9. The van der Waals surface area contributed by atoms with Crippen molar-refractivity contribution in [3.05, 3.63) is 29.8 Å². The van der Waals surface area contributed by atoms with Gasteiger partial charge in [-0.3, -0.25) is 4.79 Å². The molecule has 4 N–H and O–H groups in total. The van der Waals surface area contributed by atoms with Crippen LogP contribution in [0, 0.1) is 29.1 Å². The number of nitrogens with zero attached hydrogens (tertiary/aromatic N) is 3. The van der Waals surface area contributed by atoms with E-state index in [-0.39, 0.29) is 37.3 Å². The van der Waals surface area contributed by atoms with Crippen LogP contribution < -0.4 is 4.74 Å². The molecule has 18 atom stereocenters. The Balaban J connectivity index is 1.87. The molecule has 0 amide bonds. The molecule has 60 heavy (non-hydrogen) atoms. The van der Waals surface area contributed by atoms with Crippen LogP contribution in [0.5, 0.6) is 5.75 Å². The zero-order valence-corrected chi connectivity index (χ0v) is 38.4. The number of rotatable bonds is 9. The Morgan fingerprint density at radius 2 is 1.58 bits per heavy atom. The molecule has 0 saturated carbocycles. The smallest absolute Gasteiger partial charge is 0.311 e. The number of aliphatic hydroxyl groups excluding tert-OH is 2. The number of ether oxygens (including phenoxy) is 7. The number of carbonyl (C=O) groups is 1. The van der Waals surface area contributed by atoms with Crippen molar-refractivity contribution in [2.24, 2.45) is 17.8 Å². The van der Waals surface area contributed by atoms with Crippen molar-refractivity contribution < 1.29 is 58.4 Å². The molecule has 0 aliphatic carbocycles. The van der Waals surface area contributed by atoms with Gasteiger partial charge in [-0.05, 0) is 119 Å². The van der Waals surface area contributed by atoms with E-state index in [1.807, 2.05) is 53.7 Å². The van der Waals surface area contributed by atoms with Gasteiger partial charge in [0.1, 0.15) is 29.7 Å². The van der Waals surface area contributed by atoms with Crippen molar-refractivity contribution >= 4 is 5.97 Å². The van der Waals surface area contributed by atoms with Gasteiger partial charge in [0, 0.05) is 32.0 Å². The van der Waals surface area contributed by atoms with Gasteiger partial charge in [0.2, 0.25) is 0 Å². The molecule has 1 aromatic carbocycles. The van der Waals surface area contributed by atoms with Gasteiger partial charge < -0.3 is 63.4 Å². The summed E-state index contributed by atoms with van der Waals surface area (Å²) in [7, 11) is 7.28. The number of esters is 1. The molecule has 15 heteroatoms.